The second kappa shape index (κ2) is 5.33. The monoisotopic (exact) mass is 265 g/mol. The van der Waals surface area contributed by atoms with E-state index in [1.807, 2.05) is 43.3 Å². The first-order chi connectivity index (χ1) is 9.75. The fourth-order valence-corrected chi connectivity index (χ4v) is 2.49. The van der Waals surface area contributed by atoms with Crippen LogP contribution >= 0.6 is 0 Å². The molecule has 1 atom stereocenters. The molecule has 2 heteroatoms. The van der Waals surface area contributed by atoms with E-state index >= 15 is 0 Å². The molecule has 20 heavy (non-hydrogen) atoms. The Kier molecular flexibility index (Phi) is 3.38. The van der Waals surface area contributed by atoms with Gasteiger partial charge in [-0.3, -0.25) is 0 Å². The van der Waals surface area contributed by atoms with Crippen molar-refractivity contribution in [2.75, 3.05) is 5.32 Å². The minimum absolute atomic E-state index is 0.0815. The van der Waals surface area contributed by atoms with Gasteiger partial charge in [0, 0.05) is 16.6 Å². The smallest absolute Gasteiger partial charge is 0.128 e. The Bertz CT molecular complexity index is 731. The number of anilines is 1. The third-order valence-electron chi connectivity index (χ3n) is 3.53. The largest absolute Gasteiger partial charge is 0.378 e. The maximum atomic E-state index is 13.8. The number of fused-ring (bicyclic) bond motifs is 1. The molecule has 100 valence electrons. The van der Waals surface area contributed by atoms with Crippen molar-refractivity contribution in [1.82, 2.24) is 0 Å². The molecule has 0 fully saturated rings. The third kappa shape index (κ3) is 2.37. The highest BCUT2D eigenvalue weighted by Crippen LogP contribution is 2.27. The van der Waals surface area contributed by atoms with E-state index < -0.39 is 0 Å². The molecule has 0 aliphatic heterocycles. The summed E-state index contributed by atoms with van der Waals surface area (Å²) in [6.07, 6.45) is 0. The van der Waals surface area contributed by atoms with Gasteiger partial charge in [-0.1, -0.05) is 54.6 Å². The molecular weight excluding hydrogens is 249 g/mol. The summed E-state index contributed by atoms with van der Waals surface area (Å²) < 4.78 is 13.8. The van der Waals surface area contributed by atoms with Crippen molar-refractivity contribution >= 4 is 16.5 Å². The summed E-state index contributed by atoms with van der Waals surface area (Å²) in [5.74, 6) is -0.173. The lowest BCUT2D eigenvalue weighted by molar-refractivity contribution is 0.600. The van der Waals surface area contributed by atoms with Gasteiger partial charge in [-0.25, -0.2) is 4.39 Å². The van der Waals surface area contributed by atoms with Crippen LogP contribution in [0, 0.1) is 5.82 Å². The summed E-state index contributed by atoms with van der Waals surface area (Å²) in [5, 5.41) is 5.73. The van der Waals surface area contributed by atoms with Crippen LogP contribution in [0.2, 0.25) is 0 Å². The molecule has 0 heterocycles. The van der Waals surface area contributed by atoms with Gasteiger partial charge in [0.2, 0.25) is 0 Å². The van der Waals surface area contributed by atoms with Crippen molar-refractivity contribution in [2.45, 2.75) is 13.0 Å². The lowest BCUT2D eigenvalue weighted by Crippen LogP contribution is -2.08. The normalized spacial score (nSPS) is 12.3. The average molecular weight is 265 g/mol. The number of benzene rings is 3. The van der Waals surface area contributed by atoms with Crippen molar-refractivity contribution in [2.24, 2.45) is 0 Å². The number of halogens is 1. The number of hydrogen-bond donors (Lipinski definition) is 1. The van der Waals surface area contributed by atoms with Gasteiger partial charge in [0.1, 0.15) is 5.82 Å². The standard InChI is InChI=1S/C18H16FN/c1-13(15-9-4-5-11-17(15)19)20-18-12-6-8-14-7-2-3-10-16(14)18/h2-13,20H,1H3. The quantitative estimate of drug-likeness (QED) is 0.690. The molecule has 0 saturated heterocycles. The lowest BCUT2D eigenvalue weighted by atomic mass is 10.1. The Hall–Kier alpha value is -2.35. The Morgan fingerprint density at radius 3 is 2.40 bits per heavy atom. The van der Waals surface area contributed by atoms with E-state index in [9.17, 15) is 4.39 Å². The first-order valence-corrected chi connectivity index (χ1v) is 6.74. The number of rotatable bonds is 3. The zero-order valence-electron chi connectivity index (χ0n) is 11.3. The molecule has 0 aliphatic rings. The minimum Gasteiger partial charge on any atom is -0.378 e. The van der Waals surface area contributed by atoms with Gasteiger partial charge >= 0.3 is 0 Å². The zero-order valence-corrected chi connectivity index (χ0v) is 11.3. The molecular formula is C18H16FN. The Morgan fingerprint density at radius 1 is 0.850 bits per heavy atom. The molecule has 0 saturated carbocycles. The molecule has 1 N–H and O–H groups in total. The number of hydrogen-bond acceptors (Lipinski definition) is 1. The van der Waals surface area contributed by atoms with Crippen molar-refractivity contribution in [3.05, 3.63) is 78.1 Å². The molecule has 0 aromatic heterocycles. The molecule has 0 spiro atoms. The van der Waals surface area contributed by atoms with Crippen LogP contribution < -0.4 is 5.32 Å². The van der Waals surface area contributed by atoms with Crippen molar-refractivity contribution < 1.29 is 4.39 Å². The van der Waals surface area contributed by atoms with E-state index in [4.69, 9.17) is 0 Å². The molecule has 1 nitrogen and oxygen atoms in total. The summed E-state index contributed by atoms with van der Waals surface area (Å²) in [4.78, 5) is 0. The van der Waals surface area contributed by atoms with Crippen LogP contribution in [0.25, 0.3) is 10.8 Å². The molecule has 3 rings (SSSR count). The van der Waals surface area contributed by atoms with E-state index in [-0.39, 0.29) is 11.9 Å². The van der Waals surface area contributed by atoms with Crippen LogP contribution in [0.15, 0.2) is 66.7 Å². The van der Waals surface area contributed by atoms with Gasteiger partial charge in [-0.15, -0.1) is 0 Å². The summed E-state index contributed by atoms with van der Waals surface area (Å²) in [6.45, 7) is 1.97. The highest BCUT2D eigenvalue weighted by Gasteiger charge is 2.11. The van der Waals surface area contributed by atoms with Gasteiger partial charge in [0.05, 0.1) is 6.04 Å². The summed E-state index contributed by atoms with van der Waals surface area (Å²) in [6, 6.07) is 21.1. The summed E-state index contributed by atoms with van der Waals surface area (Å²) in [7, 11) is 0. The van der Waals surface area contributed by atoms with Crippen LogP contribution in [0.4, 0.5) is 10.1 Å². The van der Waals surface area contributed by atoms with E-state index in [2.05, 4.69) is 23.5 Å². The number of nitrogens with one attached hydrogen (secondary N) is 1. The average Bonchev–Trinajstić information content (AvgIpc) is 2.48. The van der Waals surface area contributed by atoms with Crippen LogP contribution in [0.1, 0.15) is 18.5 Å². The fraction of sp³-hybridized carbons (Fsp3) is 0.111. The van der Waals surface area contributed by atoms with Gasteiger partial charge < -0.3 is 5.32 Å². The summed E-state index contributed by atoms with van der Waals surface area (Å²) >= 11 is 0. The Balaban J connectivity index is 1.96. The van der Waals surface area contributed by atoms with Crippen molar-refractivity contribution in [3.8, 4) is 0 Å². The molecule has 0 bridgehead atoms. The molecule has 3 aromatic rings. The van der Waals surface area contributed by atoms with Crippen LogP contribution in [-0.2, 0) is 0 Å². The molecule has 3 aromatic carbocycles. The Labute approximate surface area is 118 Å². The third-order valence-corrected chi connectivity index (χ3v) is 3.53. The van der Waals surface area contributed by atoms with Gasteiger partial charge in [-0.2, -0.15) is 0 Å². The SMILES string of the molecule is CC(Nc1cccc2ccccc12)c1ccccc1F. The summed E-state index contributed by atoms with van der Waals surface area (Å²) in [5.41, 5.74) is 1.71. The maximum Gasteiger partial charge on any atom is 0.128 e. The molecule has 1 unspecified atom stereocenters. The highest BCUT2D eigenvalue weighted by atomic mass is 19.1. The van der Waals surface area contributed by atoms with Gasteiger partial charge in [0.25, 0.3) is 0 Å². The highest BCUT2D eigenvalue weighted by molar-refractivity contribution is 5.93. The molecule has 0 amide bonds. The van der Waals surface area contributed by atoms with Crippen LogP contribution in [0.5, 0.6) is 0 Å². The Morgan fingerprint density at radius 2 is 1.55 bits per heavy atom. The maximum absolute atomic E-state index is 13.8. The van der Waals surface area contributed by atoms with E-state index in [1.165, 1.54) is 11.5 Å². The van der Waals surface area contributed by atoms with E-state index in [1.54, 1.807) is 6.07 Å². The van der Waals surface area contributed by atoms with Crippen molar-refractivity contribution in [3.63, 3.8) is 0 Å². The van der Waals surface area contributed by atoms with Crippen molar-refractivity contribution in [1.29, 1.82) is 0 Å². The van der Waals surface area contributed by atoms with Crippen LogP contribution in [-0.4, -0.2) is 0 Å². The van der Waals surface area contributed by atoms with Gasteiger partial charge in [-0.05, 0) is 24.4 Å². The van der Waals surface area contributed by atoms with Crippen LogP contribution in [0.3, 0.4) is 0 Å². The fourth-order valence-electron chi connectivity index (χ4n) is 2.49. The van der Waals surface area contributed by atoms with Gasteiger partial charge in [0.15, 0.2) is 0 Å². The predicted octanol–water partition coefficient (Wildman–Crippen LogP) is 5.15. The van der Waals surface area contributed by atoms with E-state index in [0.717, 1.165) is 11.1 Å². The first kappa shape index (κ1) is 12.7. The second-order valence-corrected chi connectivity index (χ2v) is 4.91. The van der Waals surface area contributed by atoms with E-state index in [0.29, 0.717) is 5.56 Å². The molecule has 0 radical (unpaired) electrons. The second-order valence-electron chi connectivity index (χ2n) is 4.91. The first-order valence-electron chi connectivity index (χ1n) is 6.74. The molecule has 0 aliphatic carbocycles. The minimum atomic E-state index is -0.173. The lowest BCUT2D eigenvalue weighted by Gasteiger charge is -2.18. The zero-order chi connectivity index (χ0) is 13.9. The predicted molar refractivity (Wildman–Crippen MR) is 82.4 cm³/mol. The topological polar surface area (TPSA) is 12.0 Å².